The maximum atomic E-state index is 13.1. The van der Waals surface area contributed by atoms with Crippen LogP contribution in [-0.4, -0.2) is 34.3 Å². The Morgan fingerprint density at radius 2 is 2.14 bits per heavy atom. The van der Waals surface area contributed by atoms with E-state index in [1.807, 2.05) is 18.2 Å². The van der Waals surface area contributed by atoms with Crippen LogP contribution < -0.4 is 5.32 Å². The van der Waals surface area contributed by atoms with Crippen molar-refractivity contribution >= 4 is 5.91 Å². The minimum atomic E-state index is -0.322. The summed E-state index contributed by atoms with van der Waals surface area (Å²) >= 11 is 0. The largest absolute Gasteiger partial charge is 0.381 e. The number of nitrogens with one attached hydrogen (secondary N) is 2. The van der Waals surface area contributed by atoms with Crippen LogP contribution in [0.4, 0.5) is 0 Å². The molecule has 29 heavy (non-hydrogen) atoms. The number of hydrogen-bond donors (Lipinski definition) is 2. The molecule has 0 bridgehead atoms. The molecular formula is C23H28N4O2. The normalized spacial score (nSPS) is 29.6. The van der Waals surface area contributed by atoms with E-state index < -0.39 is 0 Å². The molecule has 2 N–H and O–H groups in total. The number of pyridine rings is 1. The van der Waals surface area contributed by atoms with Crippen LogP contribution in [0.1, 0.15) is 71.9 Å². The van der Waals surface area contributed by atoms with Gasteiger partial charge in [-0.25, -0.2) is 0 Å². The predicted molar refractivity (Wildman–Crippen MR) is 107 cm³/mol. The summed E-state index contributed by atoms with van der Waals surface area (Å²) in [5.41, 5.74) is 3.65. The second-order valence-corrected chi connectivity index (χ2v) is 9.42. The summed E-state index contributed by atoms with van der Waals surface area (Å²) in [5.74, 6) is 2.84. The van der Waals surface area contributed by atoms with Crippen molar-refractivity contribution in [3.8, 4) is 0 Å². The van der Waals surface area contributed by atoms with E-state index in [1.54, 1.807) is 6.20 Å². The molecule has 3 atom stereocenters. The third-order valence-corrected chi connectivity index (χ3v) is 7.88. The van der Waals surface area contributed by atoms with E-state index in [1.165, 1.54) is 25.0 Å². The minimum absolute atomic E-state index is 0.0462. The van der Waals surface area contributed by atoms with Gasteiger partial charge < -0.3 is 10.1 Å². The van der Waals surface area contributed by atoms with Crippen molar-refractivity contribution in [2.45, 2.75) is 56.4 Å². The quantitative estimate of drug-likeness (QED) is 0.818. The number of amides is 1. The highest BCUT2D eigenvalue weighted by molar-refractivity contribution is 5.95. The number of hydrogen-bond acceptors (Lipinski definition) is 4. The third kappa shape index (κ3) is 2.83. The highest BCUT2D eigenvalue weighted by Crippen LogP contribution is 2.63. The van der Waals surface area contributed by atoms with E-state index in [-0.39, 0.29) is 11.4 Å². The number of aromatic amines is 1. The van der Waals surface area contributed by atoms with Gasteiger partial charge in [-0.15, -0.1) is 0 Å². The smallest absolute Gasteiger partial charge is 0.272 e. The summed E-state index contributed by atoms with van der Waals surface area (Å²) in [5, 5.41) is 11.0. The van der Waals surface area contributed by atoms with Crippen LogP contribution >= 0.6 is 0 Å². The Hall–Kier alpha value is -2.21. The zero-order chi connectivity index (χ0) is 19.4. The van der Waals surface area contributed by atoms with E-state index in [0.29, 0.717) is 17.5 Å². The zero-order valence-electron chi connectivity index (χ0n) is 16.7. The van der Waals surface area contributed by atoms with Crippen LogP contribution in [0.2, 0.25) is 0 Å². The summed E-state index contributed by atoms with van der Waals surface area (Å²) in [6.07, 6.45) is 9.53. The summed E-state index contributed by atoms with van der Waals surface area (Å²) in [4.78, 5) is 17.6. The average molecular weight is 393 g/mol. The molecule has 0 radical (unpaired) electrons. The van der Waals surface area contributed by atoms with Gasteiger partial charge in [-0.3, -0.25) is 14.9 Å². The Bertz CT molecular complexity index is 914. The topological polar surface area (TPSA) is 79.9 Å². The molecule has 0 spiro atoms. The minimum Gasteiger partial charge on any atom is -0.381 e. The molecule has 1 amide bonds. The number of rotatable bonds is 5. The Balaban J connectivity index is 1.16. The highest BCUT2D eigenvalue weighted by Gasteiger charge is 2.58. The first kappa shape index (κ1) is 17.6. The van der Waals surface area contributed by atoms with Crippen molar-refractivity contribution < 1.29 is 9.53 Å². The lowest BCUT2D eigenvalue weighted by Crippen LogP contribution is -2.51. The molecule has 2 saturated carbocycles. The number of ether oxygens (including phenoxy) is 1. The third-order valence-electron chi connectivity index (χ3n) is 7.88. The fourth-order valence-corrected chi connectivity index (χ4v) is 6.02. The average Bonchev–Trinajstić information content (AvgIpc) is 3.05. The van der Waals surface area contributed by atoms with Crippen LogP contribution in [-0.2, 0) is 16.7 Å². The summed E-state index contributed by atoms with van der Waals surface area (Å²) in [7, 11) is 0. The lowest BCUT2D eigenvalue weighted by atomic mass is 9.74. The molecule has 0 aromatic carbocycles. The van der Waals surface area contributed by atoms with Crippen LogP contribution in [0.15, 0.2) is 24.4 Å². The van der Waals surface area contributed by atoms with Crippen LogP contribution in [0, 0.1) is 17.8 Å². The second kappa shape index (κ2) is 6.66. The Labute approximate surface area is 170 Å². The maximum Gasteiger partial charge on any atom is 0.272 e. The van der Waals surface area contributed by atoms with E-state index >= 15 is 0 Å². The molecule has 2 aromatic heterocycles. The fourth-order valence-electron chi connectivity index (χ4n) is 6.02. The molecule has 3 fully saturated rings. The molecule has 1 aliphatic heterocycles. The molecule has 3 unspecified atom stereocenters. The van der Waals surface area contributed by atoms with Gasteiger partial charge in [0.15, 0.2) is 5.69 Å². The van der Waals surface area contributed by atoms with Crippen molar-refractivity contribution in [2.75, 3.05) is 13.2 Å². The standard InChI is InChI=1S/C23H28N4O2/c28-22(25-23(7-3-8-23)18-4-1-2-9-24-18)21-17-13-16-15(19(16)20(17)26-27-21)12-14-5-10-29-11-6-14/h1-2,4,9,14-16,19H,3,5-8,10-13H2,(H,25,28)(H,26,27). The lowest BCUT2D eigenvalue weighted by Gasteiger charge is -2.41. The molecule has 6 nitrogen and oxygen atoms in total. The zero-order valence-corrected chi connectivity index (χ0v) is 16.7. The highest BCUT2D eigenvalue weighted by atomic mass is 16.5. The predicted octanol–water partition coefficient (Wildman–Crippen LogP) is 3.32. The molecule has 6 heteroatoms. The first-order chi connectivity index (χ1) is 14.3. The summed E-state index contributed by atoms with van der Waals surface area (Å²) in [6, 6.07) is 5.93. The Morgan fingerprint density at radius 1 is 1.28 bits per heavy atom. The van der Waals surface area contributed by atoms with Crippen LogP contribution in [0.5, 0.6) is 0 Å². The number of aromatic nitrogens is 3. The first-order valence-corrected chi connectivity index (χ1v) is 11.1. The number of carbonyl (C=O) groups is 1. The van der Waals surface area contributed by atoms with Gasteiger partial charge in [0.1, 0.15) is 0 Å². The van der Waals surface area contributed by atoms with Gasteiger partial charge in [-0.05, 0) is 74.8 Å². The number of nitrogens with zero attached hydrogens (tertiary/aromatic N) is 2. The van der Waals surface area contributed by atoms with Crippen LogP contribution in [0.3, 0.4) is 0 Å². The Morgan fingerprint density at radius 3 is 2.86 bits per heavy atom. The van der Waals surface area contributed by atoms with Gasteiger partial charge in [-0.2, -0.15) is 5.10 Å². The molecule has 1 saturated heterocycles. The second-order valence-electron chi connectivity index (χ2n) is 9.42. The first-order valence-electron chi connectivity index (χ1n) is 11.1. The van der Waals surface area contributed by atoms with E-state index in [2.05, 4.69) is 20.5 Å². The fraction of sp³-hybridized carbons (Fsp3) is 0.609. The van der Waals surface area contributed by atoms with Gasteiger partial charge in [-0.1, -0.05) is 6.07 Å². The van der Waals surface area contributed by atoms with Gasteiger partial charge in [0, 0.05) is 36.6 Å². The van der Waals surface area contributed by atoms with Gasteiger partial charge in [0.05, 0.1) is 11.2 Å². The number of carbonyl (C=O) groups excluding carboxylic acids is 1. The van der Waals surface area contributed by atoms with Gasteiger partial charge >= 0.3 is 0 Å². The number of fused-ring (bicyclic) bond motifs is 3. The monoisotopic (exact) mass is 392 g/mol. The lowest BCUT2D eigenvalue weighted by molar-refractivity contribution is 0.0615. The van der Waals surface area contributed by atoms with Crippen molar-refractivity contribution in [1.29, 1.82) is 0 Å². The van der Waals surface area contributed by atoms with Crippen LogP contribution in [0.25, 0.3) is 0 Å². The summed E-state index contributed by atoms with van der Waals surface area (Å²) < 4.78 is 5.50. The Kier molecular flexibility index (Phi) is 4.05. The molecule has 2 aromatic rings. The van der Waals surface area contributed by atoms with E-state index in [0.717, 1.165) is 62.0 Å². The van der Waals surface area contributed by atoms with Crippen molar-refractivity contribution in [1.82, 2.24) is 20.5 Å². The van der Waals surface area contributed by atoms with Gasteiger partial charge in [0.25, 0.3) is 5.91 Å². The molecule has 3 aliphatic carbocycles. The molecule has 6 rings (SSSR count). The molecule has 4 aliphatic rings. The maximum absolute atomic E-state index is 13.1. The molecule has 3 heterocycles. The van der Waals surface area contributed by atoms with Crippen molar-refractivity contribution in [3.05, 3.63) is 47.0 Å². The van der Waals surface area contributed by atoms with Gasteiger partial charge in [0.2, 0.25) is 0 Å². The van der Waals surface area contributed by atoms with Crippen molar-refractivity contribution in [2.24, 2.45) is 17.8 Å². The van der Waals surface area contributed by atoms with Crippen molar-refractivity contribution in [3.63, 3.8) is 0 Å². The SMILES string of the molecule is O=C(NC1(c2ccccn2)CCC1)c1n[nH]c2c1CC1C(CC3CCOCC3)C21. The van der Waals surface area contributed by atoms with E-state index in [4.69, 9.17) is 4.74 Å². The number of H-pyrrole nitrogens is 1. The summed E-state index contributed by atoms with van der Waals surface area (Å²) in [6.45, 7) is 1.84. The molecule has 152 valence electrons. The molecular weight excluding hydrogens is 364 g/mol. The van der Waals surface area contributed by atoms with E-state index in [9.17, 15) is 4.79 Å².